The standard InChI is InChI=1S/C17H17NO2/c1-11-8-14(19)16-13(12-4-6-18-7-5-12)10-17(2,3)20-15(16)9-11/h4-10,19H,1-3H3. The molecule has 102 valence electrons. The van der Waals surface area contributed by atoms with Gasteiger partial charge in [-0.1, -0.05) is 0 Å². The number of pyridine rings is 1. The van der Waals surface area contributed by atoms with Gasteiger partial charge in [0.05, 0.1) is 5.56 Å². The number of phenols is 1. The third kappa shape index (κ3) is 2.16. The van der Waals surface area contributed by atoms with Gasteiger partial charge in [0.1, 0.15) is 17.1 Å². The molecule has 0 saturated carbocycles. The van der Waals surface area contributed by atoms with Gasteiger partial charge in [-0.15, -0.1) is 0 Å². The van der Waals surface area contributed by atoms with Crippen LogP contribution in [0.15, 0.2) is 42.7 Å². The van der Waals surface area contributed by atoms with E-state index in [0.29, 0.717) is 0 Å². The van der Waals surface area contributed by atoms with Crippen LogP contribution in [0.5, 0.6) is 11.5 Å². The molecule has 3 rings (SSSR count). The van der Waals surface area contributed by atoms with Crippen molar-refractivity contribution in [3.63, 3.8) is 0 Å². The largest absolute Gasteiger partial charge is 0.507 e. The van der Waals surface area contributed by atoms with E-state index in [1.807, 2.05) is 45.0 Å². The van der Waals surface area contributed by atoms with Crippen molar-refractivity contribution in [3.05, 3.63) is 59.4 Å². The minimum atomic E-state index is -0.411. The van der Waals surface area contributed by atoms with Gasteiger partial charge >= 0.3 is 0 Å². The van der Waals surface area contributed by atoms with E-state index in [9.17, 15) is 5.11 Å². The van der Waals surface area contributed by atoms with E-state index < -0.39 is 5.60 Å². The smallest absolute Gasteiger partial charge is 0.132 e. The average Bonchev–Trinajstić information content (AvgIpc) is 2.36. The summed E-state index contributed by atoms with van der Waals surface area (Å²) in [6.07, 6.45) is 5.55. The van der Waals surface area contributed by atoms with E-state index in [-0.39, 0.29) is 5.75 Å². The van der Waals surface area contributed by atoms with Crippen LogP contribution in [0, 0.1) is 6.92 Å². The Morgan fingerprint density at radius 3 is 2.55 bits per heavy atom. The molecule has 0 fully saturated rings. The second-order valence-corrected chi connectivity index (χ2v) is 5.66. The first-order valence-electron chi connectivity index (χ1n) is 6.62. The first-order chi connectivity index (χ1) is 9.46. The molecule has 0 amide bonds. The van der Waals surface area contributed by atoms with Gasteiger partial charge < -0.3 is 9.84 Å². The Morgan fingerprint density at radius 1 is 1.15 bits per heavy atom. The molecule has 0 spiro atoms. The second kappa shape index (κ2) is 4.37. The molecule has 3 heteroatoms. The normalized spacial score (nSPS) is 16.1. The van der Waals surface area contributed by atoms with Gasteiger partial charge in [0.25, 0.3) is 0 Å². The zero-order valence-corrected chi connectivity index (χ0v) is 11.8. The van der Waals surface area contributed by atoms with Crippen LogP contribution in [0.3, 0.4) is 0 Å². The molecule has 2 heterocycles. The summed E-state index contributed by atoms with van der Waals surface area (Å²) in [6, 6.07) is 7.60. The van der Waals surface area contributed by atoms with E-state index >= 15 is 0 Å². The third-order valence-electron chi connectivity index (χ3n) is 3.35. The zero-order valence-electron chi connectivity index (χ0n) is 11.8. The highest BCUT2D eigenvalue weighted by Crippen LogP contribution is 2.44. The Morgan fingerprint density at radius 2 is 1.85 bits per heavy atom. The number of aromatic hydroxyl groups is 1. The van der Waals surface area contributed by atoms with Crippen molar-refractivity contribution in [1.82, 2.24) is 4.98 Å². The number of aromatic nitrogens is 1. The molecule has 1 aromatic carbocycles. The predicted octanol–water partition coefficient (Wildman–Crippen LogP) is 3.70. The van der Waals surface area contributed by atoms with Gasteiger partial charge in [-0.05, 0) is 67.8 Å². The number of benzene rings is 1. The molecule has 0 radical (unpaired) electrons. The molecule has 3 nitrogen and oxygen atoms in total. The van der Waals surface area contributed by atoms with Crippen LogP contribution < -0.4 is 4.74 Å². The summed E-state index contributed by atoms with van der Waals surface area (Å²) in [7, 11) is 0. The molecular formula is C17H17NO2. The van der Waals surface area contributed by atoms with Crippen molar-refractivity contribution >= 4 is 5.57 Å². The molecule has 0 aliphatic carbocycles. The van der Waals surface area contributed by atoms with Crippen molar-refractivity contribution in [2.24, 2.45) is 0 Å². The quantitative estimate of drug-likeness (QED) is 0.856. The summed E-state index contributed by atoms with van der Waals surface area (Å²) in [4.78, 5) is 4.05. The monoisotopic (exact) mass is 267 g/mol. The molecule has 0 saturated heterocycles. The van der Waals surface area contributed by atoms with Gasteiger partial charge in [-0.3, -0.25) is 4.98 Å². The van der Waals surface area contributed by atoms with E-state index in [1.165, 1.54) is 0 Å². The van der Waals surface area contributed by atoms with Crippen LogP contribution in [0.1, 0.15) is 30.5 Å². The molecule has 0 bridgehead atoms. The first kappa shape index (κ1) is 12.7. The van der Waals surface area contributed by atoms with E-state index in [1.54, 1.807) is 18.5 Å². The number of rotatable bonds is 1. The van der Waals surface area contributed by atoms with Crippen LogP contribution in [-0.2, 0) is 0 Å². The molecule has 1 aliphatic heterocycles. The topological polar surface area (TPSA) is 42.4 Å². The molecule has 1 aromatic heterocycles. The number of aryl methyl sites for hydroxylation is 1. The Balaban J connectivity index is 2.26. The fourth-order valence-corrected chi connectivity index (χ4v) is 2.58. The number of fused-ring (bicyclic) bond motifs is 1. The van der Waals surface area contributed by atoms with Crippen molar-refractivity contribution in [1.29, 1.82) is 0 Å². The van der Waals surface area contributed by atoms with Crippen molar-refractivity contribution < 1.29 is 9.84 Å². The summed E-state index contributed by atoms with van der Waals surface area (Å²) in [5.41, 5.74) is 3.33. The Kier molecular flexibility index (Phi) is 2.78. The second-order valence-electron chi connectivity index (χ2n) is 5.66. The Hall–Kier alpha value is -2.29. The molecule has 0 atom stereocenters. The molecule has 20 heavy (non-hydrogen) atoms. The summed E-state index contributed by atoms with van der Waals surface area (Å²) >= 11 is 0. The van der Waals surface area contributed by atoms with E-state index in [4.69, 9.17) is 4.74 Å². The minimum absolute atomic E-state index is 0.249. The number of phenolic OH excluding ortho intramolecular Hbond substituents is 1. The predicted molar refractivity (Wildman–Crippen MR) is 78.9 cm³/mol. The molecule has 1 aliphatic rings. The van der Waals surface area contributed by atoms with Gasteiger partial charge in [0.2, 0.25) is 0 Å². The Bertz CT molecular complexity index is 688. The SMILES string of the molecule is Cc1cc(O)c2c(c1)OC(C)(C)C=C2c1ccncc1. The number of ether oxygens (including phenoxy) is 1. The maximum Gasteiger partial charge on any atom is 0.132 e. The molecule has 1 N–H and O–H groups in total. The van der Waals surface area contributed by atoms with Gasteiger partial charge in [0, 0.05) is 12.4 Å². The van der Waals surface area contributed by atoms with Crippen LogP contribution in [-0.4, -0.2) is 15.7 Å². The number of hydrogen-bond donors (Lipinski definition) is 1. The van der Waals surface area contributed by atoms with E-state index in [0.717, 1.165) is 28.0 Å². The maximum absolute atomic E-state index is 10.3. The van der Waals surface area contributed by atoms with Crippen LogP contribution in [0.4, 0.5) is 0 Å². The third-order valence-corrected chi connectivity index (χ3v) is 3.35. The minimum Gasteiger partial charge on any atom is -0.507 e. The number of hydrogen-bond acceptors (Lipinski definition) is 3. The number of nitrogens with zero attached hydrogens (tertiary/aromatic N) is 1. The van der Waals surface area contributed by atoms with Gasteiger partial charge in [0.15, 0.2) is 0 Å². The summed E-state index contributed by atoms with van der Waals surface area (Å²) < 4.78 is 5.98. The lowest BCUT2D eigenvalue weighted by molar-refractivity contribution is 0.157. The first-order valence-corrected chi connectivity index (χ1v) is 6.62. The van der Waals surface area contributed by atoms with Crippen molar-refractivity contribution in [2.45, 2.75) is 26.4 Å². The van der Waals surface area contributed by atoms with E-state index in [2.05, 4.69) is 4.98 Å². The highest BCUT2D eigenvalue weighted by Gasteiger charge is 2.29. The molecule has 2 aromatic rings. The van der Waals surface area contributed by atoms with Gasteiger partial charge in [-0.25, -0.2) is 0 Å². The zero-order chi connectivity index (χ0) is 14.3. The fraction of sp³-hybridized carbons (Fsp3) is 0.235. The lowest BCUT2D eigenvalue weighted by Crippen LogP contribution is -2.29. The average molecular weight is 267 g/mol. The summed E-state index contributed by atoms with van der Waals surface area (Å²) in [5, 5.41) is 10.3. The van der Waals surface area contributed by atoms with Gasteiger partial charge in [-0.2, -0.15) is 0 Å². The Labute approximate surface area is 118 Å². The lowest BCUT2D eigenvalue weighted by Gasteiger charge is -2.32. The summed E-state index contributed by atoms with van der Waals surface area (Å²) in [5.74, 6) is 0.973. The molecule has 0 unspecified atom stereocenters. The highest BCUT2D eigenvalue weighted by molar-refractivity contribution is 5.87. The van der Waals surface area contributed by atoms with Crippen LogP contribution in [0.2, 0.25) is 0 Å². The fourth-order valence-electron chi connectivity index (χ4n) is 2.58. The molecular weight excluding hydrogens is 250 g/mol. The summed E-state index contributed by atoms with van der Waals surface area (Å²) in [6.45, 7) is 5.97. The maximum atomic E-state index is 10.3. The van der Waals surface area contributed by atoms with Crippen LogP contribution >= 0.6 is 0 Å². The van der Waals surface area contributed by atoms with Crippen molar-refractivity contribution in [2.75, 3.05) is 0 Å². The lowest BCUT2D eigenvalue weighted by atomic mass is 9.89. The van der Waals surface area contributed by atoms with Crippen molar-refractivity contribution in [3.8, 4) is 11.5 Å². The highest BCUT2D eigenvalue weighted by atomic mass is 16.5. The van der Waals surface area contributed by atoms with Crippen LogP contribution in [0.25, 0.3) is 5.57 Å².